The van der Waals surface area contributed by atoms with E-state index in [2.05, 4.69) is 27.6 Å². The Morgan fingerprint density at radius 2 is 1.83 bits per heavy atom. The summed E-state index contributed by atoms with van der Waals surface area (Å²) in [6.45, 7) is 7.46. The highest BCUT2D eigenvalue weighted by molar-refractivity contribution is 14.1. The number of halogens is 1. The maximum absolute atomic E-state index is 10.7. The minimum Gasteiger partial charge on any atom is -0.383 e. The SMILES string of the molecule is CC1(C)O[C@@H]([C@@H]2OC(C)(C)O[C@@H]2CI)[C@H]([C@@H](O)c2nccs2)O1. The Morgan fingerprint density at radius 3 is 2.43 bits per heavy atom. The first-order valence-corrected chi connectivity index (χ1v) is 9.98. The van der Waals surface area contributed by atoms with E-state index in [1.165, 1.54) is 11.3 Å². The minimum atomic E-state index is -0.857. The van der Waals surface area contributed by atoms with Crippen LogP contribution in [0.2, 0.25) is 0 Å². The fourth-order valence-electron chi connectivity index (χ4n) is 3.10. The van der Waals surface area contributed by atoms with Gasteiger partial charge in [-0.05, 0) is 27.7 Å². The second kappa shape index (κ2) is 6.47. The standard InChI is InChI=1S/C15H22INO5S/c1-14(2)19-8(7-16)10(20-14)12-11(21-15(3,4)22-12)9(18)13-17-5-6-23-13/h5-6,8-12,18H,7H2,1-4H3/t8-,9-,10-,11+,12+/m1/s1. The van der Waals surface area contributed by atoms with Crippen LogP contribution >= 0.6 is 33.9 Å². The number of aliphatic hydroxyl groups excluding tert-OH is 1. The van der Waals surface area contributed by atoms with E-state index in [1.807, 2.05) is 33.1 Å². The Hall–Kier alpha value is 0.160. The number of nitrogens with zero attached hydrogens (tertiary/aromatic N) is 1. The van der Waals surface area contributed by atoms with Crippen molar-refractivity contribution in [2.24, 2.45) is 0 Å². The van der Waals surface area contributed by atoms with Gasteiger partial charge in [-0.3, -0.25) is 0 Å². The number of ether oxygens (including phenoxy) is 4. The van der Waals surface area contributed by atoms with Crippen molar-refractivity contribution in [1.29, 1.82) is 0 Å². The third-order valence-electron chi connectivity index (χ3n) is 3.88. The quantitative estimate of drug-likeness (QED) is 0.556. The first kappa shape index (κ1) is 18.0. The summed E-state index contributed by atoms with van der Waals surface area (Å²) in [5.41, 5.74) is 0. The van der Waals surface area contributed by atoms with Crippen LogP contribution in [0.25, 0.3) is 0 Å². The highest BCUT2D eigenvalue weighted by Gasteiger charge is 2.55. The maximum Gasteiger partial charge on any atom is 0.164 e. The van der Waals surface area contributed by atoms with E-state index in [4.69, 9.17) is 18.9 Å². The molecule has 0 amide bonds. The van der Waals surface area contributed by atoms with Crippen LogP contribution in [0.15, 0.2) is 11.6 Å². The summed E-state index contributed by atoms with van der Waals surface area (Å²) in [4.78, 5) is 4.20. The van der Waals surface area contributed by atoms with Crippen molar-refractivity contribution in [3.63, 3.8) is 0 Å². The van der Waals surface area contributed by atoms with Crippen LogP contribution in [-0.4, -0.2) is 50.5 Å². The monoisotopic (exact) mass is 455 g/mol. The van der Waals surface area contributed by atoms with Crippen molar-refractivity contribution >= 4 is 33.9 Å². The second-order valence-corrected chi connectivity index (χ2v) is 8.48. The summed E-state index contributed by atoms with van der Waals surface area (Å²) in [5, 5.41) is 13.2. The number of aromatic nitrogens is 1. The fraction of sp³-hybridized carbons (Fsp3) is 0.800. The summed E-state index contributed by atoms with van der Waals surface area (Å²) in [6, 6.07) is 0. The molecule has 0 spiro atoms. The van der Waals surface area contributed by atoms with Gasteiger partial charge in [-0.15, -0.1) is 11.3 Å². The molecule has 0 radical (unpaired) electrons. The summed E-state index contributed by atoms with van der Waals surface area (Å²) in [5.74, 6) is -1.47. The normalized spacial score (nSPS) is 37.1. The molecule has 0 aliphatic carbocycles. The van der Waals surface area contributed by atoms with Crippen molar-refractivity contribution in [2.75, 3.05) is 4.43 Å². The zero-order chi connectivity index (χ0) is 16.8. The molecule has 0 unspecified atom stereocenters. The smallest absolute Gasteiger partial charge is 0.164 e. The molecule has 2 fully saturated rings. The molecule has 1 N–H and O–H groups in total. The topological polar surface area (TPSA) is 70.0 Å². The van der Waals surface area contributed by atoms with Crippen molar-refractivity contribution in [3.05, 3.63) is 16.6 Å². The van der Waals surface area contributed by atoms with Crippen LogP contribution in [0.5, 0.6) is 0 Å². The molecule has 2 saturated heterocycles. The average molecular weight is 455 g/mol. The van der Waals surface area contributed by atoms with E-state index < -0.39 is 29.9 Å². The largest absolute Gasteiger partial charge is 0.383 e. The molecule has 130 valence electrons. The number of alkyl halides is 1. The molecular formula is C15H22INO5S. The Labute approximate surface area is 153 Å². The molecule has 1 aromatic heterocycles. The number of rotatable bonds is 4. The molecule has 0 aromatic carbocycles. The lowest BCUT2D eigenvalue weighted by Crippen LogP contribution is -2.44. The second-order valence-electron chi connectivity index (χ2n) is 6.67. The highest BCUT2D eigenvalue weighted by atomic mass is 127. The Balaban J connectivity index is 1.86. The zero-order valence-electron chi connectivity index (χ0n) is 13.6. The highest BCUT2D eigenvalue weighted by Crippen LogP contribution is 2.42. The molecule has 1 aromatic rings. The Bertz CT molecular complexity index is 538. The molecule has 2 aliphatic rings. The lowest BCUT2D eigenvalue weighted by atomic mass is 10.0. The van der Waals surface area contributed by atoms with E-state index in [0.717, 1.165) is 4.43 Å². The number of aliphatic hydroxyl groups is 1. The Kier molecular flexibility index (Phi) is 5.05. The number of thiazole rings is 1. The van der Waals surface area contributed by atoms with Gasteiger partial charge in [-0.25, -0.2) is 4.98 Å². The first-order valence-electron chi connectivity index (χ1n) is 7.57. The molecule has 0 bridgehead atoms. The molecule has 3 rings (SSSR count). The lowest BCUT2D eigenvalue weighted by molar-refractivity contribution is -0.175. The van der Waals surface area contributed by atoms with Gasteiger partial charge in [-0.2, -0.15) is 0 Å². The average Bonchev–Trinajstić information content (AvgIpc) is 3.14. The van der Waals surface area contributed by atoms with Gasteiger partial charge >= 0.3 is 0 Å². The van der Waals surface area contributed by atoms with E-state index in [-0.39, 0.29) is 12.2 Å². The van der Waals surface area contributed by atoms with Crippen LogP contribution in [0.3, 0.4) is 0 Å². The van der Waals surface area contributed by atoms with Gasteiger partial charge < -0.3 is 24.1 Å². The molecule has 23 heavy (non-hydrogen) atoms. The van der Waals surface area contributed by atoms with E-state index >= 15 is 0 Å². The zero-order valence-corrected chi connectivity index (χ0v) is 16.5. The van der Waals surface area contributed by atoms with Crippen LogP contribution in [0.4, 0.5) is 0 Å². The van der Waals surface area contributed by atoms with Gasteiger partial charge in [0.2, 0.25) is 0 Å². The first-order chi connectivity index (χ1) is 10.7. The van der Waals surface area contributed by atoms with Crippen LogP contribution in [0, 0.1) is 0 Å². The summed E-state index contributed by atoms with van der Waals surface area (Å²) in [7, 11) is 0. The van der Waals surface area contributed by atoms with Crippen molar-refractivity contribution in [3.8, 4) is 0 Å². The third-order valence-corrected chi connectivity index (χ3v) is 5.59. The third kappa shape index (κ3) is 3.73. The predicted molar refractivity (Wildman–Crippen MR) is 93.6 cm³/mol. The molecule has 0 saturated carbocycles. The van der Waals surface area contributed by atoms with Gasteiger partial charge in [0.05, 0.1) is 6.10 Å². The maximum atomic E-state index is 10.7. The van der Waals surface area contributed by atoms with Crippen LogP contribution in [0.1, 0.15) is 38.8 Å². The van der Waals surface area contributed by atoms with E-state index in [9.17, 15) is 5.11 Å². The van der Waals surface area contributed by atoms with E-state index in [0.29, 0.717) is 5.01 Å². The number of hydrogen-bond donors (Lipinski definition) is 1. The van der Waals surface area contributed by atoms with Gasteiger partial charge in [0, 0.05) is 16.0 Å². The molecule has 6 nitrogen and oxygen atoms in total. The summed E-state index contributed by atoms with van der Waals surface area (Å²) in [6.07, 6.45) is -0.577. The van der Waals surface area contributed by atoms with Gasteiger partial charge in [0.15, 0.2) is 11.6 Å². The predicted octanol–water partition coefficient (Wildman–Crippen LogP) is 2.65. The van der Waals surface area contributed by atoms with Crippen LogP contribution in [-0.2, 0) is 18.9 Å². The van der Waals surface area contributed by atoms with Crippen molar-refractivity contribution in [2.45, 2.75) is 69.8 Å². The lowest BCUT2D eigenvalue weighted by Gasteiger charge is -2.27. The summed E-state index contributed by atoms with van der Waals surface area (Å²) >= 11 is 3.68. The molecule has 3 heterocycles. The van der Waals surface area contributed by atoms with Gasteiger partial charge in [-0.1, -0.05) is 22.6 Å². The van der Waals surface area contributed by atoms with Gasteiger partial charge in [0.25, 0.3) is 0 Å². The Morgan fingerprint density at radius 1 is 1.17 bits per heavy atom. The molecule has 5 atom stereocenters. The summed E-state index contributed by atoms with van der Waals surface area (Å²) < 4.78 is 24.8. The van der Waals surface area contributed by atoms with Crippen molar-refractivity contribution < 1.29 is 24.1 Å². The number of hydrogen-bond acceptors (Lipinski definition) is 7. The van der Waals surface area contributed by atoms with Crippen LogP contribution < -0.4 is 0 Å². The van der Waals surface area contributed by atoms with Gasteiger partial charge in [0.1, 0.15) is 29.4 Å². The fourth-order valence-corrected chi connectivity index (χ4v) is 4.43. The molecule has 8 heteroatoms. The van der Waals surface area contributed by atoms with E-state index in [1.54, 1.807) is 6.20 Å². The van der Waals surface area contributed by atoms with Crippen molar-refractivity contribution in [1.82, 2.24) is 4.98 Å². The molecular weight excluding hydrogens is 433 g/mol. The molecule has 2 aliphatic heterocycles. The minimum absolute atomic E-state index is 0.112.